The summed E-state index contributed by atoms with van der Waals surface area (Å²) in [5.41, 5.74) is 2.19. The van der Waals surface area contributed by atoms with Crippen LogP contribution in [0.15, 0.2) is 66.9 Å². The van der Waals surface area contributed by atoms with E-state index in [1.807, 2.05) is 54.7 Å². The van der Waals surface area contributed by atoms with Gasteiger partial charge in [0.1, 0.15) is 0 Å². The van der Waals surface area contributed by atoms with Crippen molar-refractivity contribution in [1.29, 1.82) is 0 Å². The van der Waals surface area contributed by atoms with E-state index < -0.39 is 0 Å². The number of rotatable bonds is 3. The lowest BCUT2D eigenvalue weighted by atomic mass is 10.1. The second kappa shape index (κ2) is 5.11. The van der Waals surface area contributed by atoms with Gasteiger partial charge in [-0.05, 0) is 24.1 Å². The Morgan fingerprint density at radius 2 is 1.63 bits per heavy atom. The molecule has 3 rings (SSSR count). The first-order valence-corrected chi connectivity index (χ1v) is 6.48. The van der Waals surface area contributed by atoms with E-state index in [9.17, 15) is 4.79 Å². The Labute approximate surface area is 112 Å². The zero-order chi connectivity index (χ0) is 13.1. The van der Waals surface area contributed by atoms with Gasteiger partial charge in [-0.15, -0.1) is 0 Å². The molecule has 2 nitrogen and oxygen atoms in total. The highest BCUT2D eigenvalue weighted by Gasteiger charge is 2.08. The molecule has 0 bridgehead atoms. The Bertz CT molecular complexity index is 697. The van der Waals surface area contributed by atoms with E-state index in [-0.39, 0.29) is 5.91 Å². The summed E-state index contributed by atoms with van der Waals surface area (Å²) in [5.74, 6) is 0.144. The zero-order valence-corrected chi connectivity index (χ0v) is 10.6. The van der Waals surface area contributed by atoms with Crippen LogP contribution in [-0.4, -0.2) is 10.5 Å². The van der Waals surface area contributed by atoms with Gasteiger partial charge in [-0.2, -0.15) is 0 Å². The van der Waals surface area contributed by atoms with E-state index in [1.165, 1.54) is 5.56 Å². The summed E-state index contributed by atoms with van der Waals surface area (Å²) < 4.78 is 1.75. The molecule has 0 aliphatic heterocycles. The van der Waals surface area contributed by atoms with Crippen molar-refractivity contribution in [1.82, 2.24) is 4.57 Å². The van der Waals surface area contributed by atoms with E-state index in [1.54, 1.807) is 4.57 Å². The second-order valence-corrected chi connectivity index (χ2v) is 4.62. The smallest absolute Gasteiger partial charge is 0.231 e. The molecule has 0 fully saturated rings. The molecule has 0 radical (unpaired) electrons. The molecule has 1 aromatic heterocycles. The summed E-state index contributed by atoms with van der Waals surface area (Å²) in [6, 6.07) is 20.1. The maximum Gasteiger partial charge on any atom is 0.231 e. The van der Waals surface area contributed by atoms with Crippen LogP contribution in [0.2, 0.25) is 0 Å². The molecule has 0 N–H and O–H groups in total. The molecule has 0 saturated carbocycles. The standard InChI is InChI=1S/C17H15NO/c19-17(11-10-14-6-2-1-3-7-14)18-13-12-15-8-4-5-9-16(15)18/h1-9,12-13H,10-11H2. The van der Waals surface area contributed by atoms with Crippen molar-refractivity contribution < 1.29 is 4.79 Å². The molecule has 0 unspecified atom stereocenters. The summed E-state index contributed by atoms with van der Waals surface area (Å²) in [6.07, 6.45) is 3.17. The van der Waals surface area contributed by atoms with Crippen LogP contribution in [0.1, 0.15) is 16.8 Å². The first-order chi connectivity index (χ1) is 9.34. The Morgan fingerprint density at radius 1 is 0.895 bits per heavy atom. The predicted molar refractivity (Wildman–Crippen MR) is 77.3 cm³/mol. The molecule has 19 heavy (non-hydrogen) atoms. The largest absolute Gasteiger partial charge is 0.287 e. The fourth-order valence-corrected chi connectivity index (χ4v) is 2.32. The van der Waals surface area contributed by atoms with Crippen LogP contribution in [-0.2, 0) is 6.42 Å². The van der Waals surface area contributed by atoms with Crippen LogP contribution >= 0.6 is 0 Å². The van der Waals surface area contributed by atoms with Crippen molar-refractivity contribution in [2.75, 3.05) is 0 Å². The minimum Gasteiger partial charge on any atom is -0.287 e. The van der Waals surface area contributed by atoms with Gasteiger partial charge in [-0.3, -0.25) is 9.36 Å². The lowest BCUT2D eigenvalue weighted by Crippen LogP contribution is -2.10. The van der Waals surface area contributed by atoms with Gasteiger partial charge in [-0.25, -0.2) is 0 Å². The maximum absolute atomic E-state index is 12.3. The Balaban J connectivity index is 1.77. The molecule has 94 valence electrons. The summed E-state index contributed by atoms with van der Waals surface area (Å²) in [5, 5.41) is 1.11. The van der Waals surface area contributed by atoms with Crippen LogP contribution in [0, 0.1) is 0 Å². The number of hydrogen-bond donors (Lipinski definition) is 0. The van der Waals surface area contributed by atoms with Gasteiger partial charge in [0.25, 0.3) is 0 Å². The SMILES string of the molecule is O=C(CCc1ccccc1)n1ccc2ccccc21. The highest BCUT2D eigenvalue weighted by molar-refractivity contribution is 5.92. The minimum atomic E-state index is 0.144. The number of para-hydroxylation sites is 1. The van der Waals surface area contributed by atoms with Crippen LogP contribution < -0.4 is 0 Å². The molecule has 0 saturated heterocycles. The van der Waals surface area contributed by atoms with E-state index >= 15 is 0 Å². The Morgan fingerprint density at radius 3 is 2.47 bits per heavy atom. The van der Waals surface area contributed by atoms with Crippen molar-refractivity contribution in [3.63, 3.8) is 0 Å². The van der Waals surface area contributed by atoms with Crippen molar-refractivity contribution in [3.8, 4) is 0 Å². The molecular formula is C17H15NO. The molecule has 2 heteroatoms. The van der Waals surface area contributed by atoms with Crippen molar-refractivity contribution in [3.05, 3.63) is 72.4 Å². The topological polar surface area (TPSA) is 22.0 Å². The molecule has 2 aromatic carbocycles. The number of fused-ring (bicyclic) bond motifs is 1. The lowest BCUT2D eigenvalue weighted by Gasteiger charge is -2.04. The third-order valence-electron chi connectivity index (χ3n) is 3.34. The average Bonchev–Trinajstić information content (AvgIpc) is 2.90. The highest BCUT2D eigenvalue weighted by atomic mass is 16.2. The van der Waals surface area contributed by atoms with Gasteiger partial charge in [0.2, 0.25) is 5.91 Å². The lowest BCUT2D eigenvalue weighted by molar-refractivity contribution is 0.0908. The summed E-state index contributed by atoms with van der Waals surface area (Å²) >= 11 is 0. The van der Waals surface area contributed by atoms with Crippen LogP contribution in [0.5, 0.6) is 0 Å². The molecule has 0 aliphatic carbocycles. The van der Waals surface area contributed by atoms with Crippen molar-refractivity contribution >= 4 is 16.8 Å². The number of aromatic nitrogens is 1. The van der Waals surface area contributed by atoms with E-state index in [4.69, 9.17) is 0 Å². The second-order valence-electron chi connectivity index (χ2n) is 4.62. The summed E-state index contributed by atoms with van der Waals surface area (Å²) in [7, 11) is 0. The third kappa shape index (κ3) is 2.43. The monoisotopic (exact) mass is 249 g/mol. The maximum atomic E-state index is 12.3. The van der Waals surface area contributed by atoms with E-state index in [0.29, 0.717) is 6.42 Å². The summed E-state index contributed by atoms with van der Waals surface area (Å²) in [4.78, 5) is 12.3. The van der Waals surface area contributed by atoms with Gasteiger partial charge in [0.05, 0.1) is 5.52 Å². The number of hydrogen-bond acceptors (Lipinski definition) is 1. The van der Waals surface area contributed by atoms with E-state index in [2.05, 4.69) is 12.1 Å². The molecule has 1 heterocycles. The van der Waals surface area contributed by atoms with Gasteiger partial charge in [0, 0.05) is 18.0 Å². The van der Waals surface area contributed by atoms with Gasteiger partial charge >= 0.3 is 0 Å². The number of benzene rings is 2. The fourth-order valence-electron chi connectivity index (χ4n) is 2.32. The molecule has 0 aliphatic rings. The van der Waals surface area contributed by atoms with Gasteiger partial charge in [0.15, 0.2) is 0 Å². The van der Waals surface area contributed by atoms with Crippen molar-refractivity contribution in [2.24, 2.45) is 0 Å². The number of aryl methyl sites for hydroxylation is 1. The van der Waals surface area contributed by atoms with Gasteiger partial charge in [-0.1, -0.05) is 48.5 Å². The molecular weight excluding hydrogens is 234 g/mol. The number of carbonyl (C=O) groups is 1. The molecule has 0 atom stereocenters. The zero-order valence-electron chi connectivity index (χ0n) is 10.6. The van der Waals surface area contributed by atoms with E-state index in [0.717, 1.165) is 17.3 Å². The average molecular weight is 249 g/mol. The Kier molecular flexibility index (Phi) is 3.15. The van der Waals surface area contributed by atoms with Crippen molar-refractivity contribution in [2.45, 2.75) is 12.8 Å². The molecule has 3 aromatic rings. The Hall–Kier alpha value is -2.35. The van der Waals surface area contributed by atoms with Gasteiger partial charge < -0.3 is 0 Å². The molecule has 0 amide bonds. The van der Waals surface area contributed by atoms with Crippen LogP contribution in [0.4, 0.5) is 0 Å². The van der Waals surface area contributed by atoms with Crippen LogP contribution in [0.3, 0.4) is 0 Å². The minimum absolute atomic E-state index is 0.144. The predicted octanol–water partition coefficient (Wildman–Crippen LogP) is 3.91. The first-order valence-electron chi connectivity index (χ1n) is 6.48. The quantitative estimate of drug-likeness (QED) is 0.689. The highest BCUT2D eigenvalue weighted by Crippen LogP contribution is 2.16. The summed E-state index contributed by atoms with van der Waals surface area (Å²) in [6.45, 7) is 0. The first kappa shape index (κ1) is 11.7. The fraction of sp³-hybridized carbons (Fsp3) is 0.118. The number of carbonyl (C=O) groups excluding carboxylic acids is 1. The third-order valence-corrected chi connectivity index (χ3v) is 3.34. The molecule has 0 spiro atoms. The normalized spacial score (nSPS) is 10.7. The number of nitrogens with zero attached hydrogens (tertiary/aromatic N) is 1. The van der Waals surface area contributed by atoms with Crippen LogP contribution in [0.25, 0.3) is 10.9 Å².